The molecule has 1 aromatic carbocycles. The van der Waals surface area contributed by atoms with Gasteiger partial charge in [0.05, 0.1) is 6.42 Å². The Kier molecular flexibility index (Phi) is 6.08. The summed E-state index contributed by atoms with van der Waals surface area (Å²) in [7, 11) is 2.12. The summed E-state index contributed by atoms with van der Waals surface area (Å²) in [6.07, 6.45) is 1.53. The topological polar surface area (TPSA) is 55.8 Å². The van der Waals surface area contributed by atoms with Crippen LogP contribution in [0.4, 0.5) is 20.4 Å². The second-order valence-electron chi connectivity index (χ2n) is 7.81. The Balaban J connectivity index is 1.34. The van der Waals surface area contributed by atoms with Gasteiger partial charge >= 0.3 is 0 Å². The highest BCUT2D eigenvalue weighted by atomic mass is 19.1. The molecular formula is C21H26F2N6O. The molecule has 0 saturated carbocycles. The Morgan fingerprint density at radius 2 is 1.50 bits per heavy atom. The number of likely N-dealkylation sites (N-methyl/N-ethyl adjacent to an activating group) is 1. The molecule has 0 radical (unpaired) electrons. The quantitative estimate of drug-likeness (QED) is 0.751. The Hall–Kier alpha value is -2.81. The molecule has 0 N–H and O–H groups in total. The Morgan fingerprint density at radius 3 is 2.10 bits per heavy atom. The van der Waals surface area contributed by atoms with Gasteiger partial charge in [0, 0.05) is 64.5 Å². The van der Waals surface area contributed by atoms with E-state index in [0.29, 0.717) is 26.2 Å². The summed E-state index contributed by atoms with van der Waals surface area (Å²) in [6, 6.07) is 5.33. The Bertz CT molecular complexity index is 895. The summed E-state index contributed by atoms with van der Waals surface area (Å²) in [5, 5.41) is 0. The van der Waals surface area contributed by atoms with E-state index in [4.69, 9.17) is 0 Å². The Morgan fingerprint density at radius 1 is 0.900 bits per heavy atom. The molecule has 2 aliphatic heterocycles. The van der Waals surface area contributed by atoms with Crippen molar-refractivity contribution in [2.24, 2.45) is 0 Å². The lowest BCUT2D eigenvalue weighted by molar-refractivity contribution is -0.130. The average Bonchev–Trinajstić information content (AvgIpc) is 2.76. The normalized spacial score (nSPS) is 18.0. The zero-order chi connectivity index (χ0) is 21.1. The first kappa shape index (κ1) is 20.5. The zero-order valence-electron chi connectivity index (χ0n) is 17.1. The molecule has 2 fully saturated rings. The molecule has 0 aliphatic carbocycles. The van der Waals surface area contributed by atoms with Crippen molar-refractivity contribution in [3.05, 3.63) is 47.8 Å². The SMILES string of the molecule is CN1CCN(c2cc(N3CCN(C(=O)Cc4ccc(F)cc4F)CC3)ncn2)CC1. The van der Waals surface area contributed by atoms with E-state index in [-0.39, 0.29) is 17.9 Å². The lowest BCUT2D eigenvalue weighted by Crippen LogP contribution is -2.49. The molecule has 30 heavy (non-hydrogen) atoms. The second kappa shape index (κ2) is 8.91. The summed E-state index contributed by atoms with van der Waals surface area (Å²) in [6.45, 7) is 6.27. The number of halogens is 2. The van der Waals surface area contributed by atoms with Gasteiger partial charge < -0.3 is 19.6 Å². The van der Waals surface area contributed by atoms with Crippen LogP contribution in [-0.4, -0.2) is 85.1 Å². The van der Waals surface area contributed by atoms with Crippen LogP contribution in [-0.2, 0) is 11.2 Å². The molecule has 4 rings (SSSR count). The summed E-state index contributed by atoms with van der Waals surface area (Å²) in [5.74, 6) is 0.312. The third-order valence-corrected chi connectivity index (χ3v) is 5.78. The van der Waals surface area contributed by atoms with Crippen LogP contribution in [0.2, 0.25) is 0 Å². The van der Waals surface area contributed by atoms with Crippen LogP contribution in [0, 0.1) is 11.6 Å². The molecule has 0 bridgehead atoms. The highest BCUT2D eigenvalue weighted by molar-refractivity contribution is 5.79. The van der Waals surface area contributed by atoms with Crippen LogP contribution in [0.15, 0.2) is 30.6 Å². The molecule has 0 unspecified atom stereocenters. The number of aromatic nitrogens is 2. The summed E-state index contributed by atoms with van der Waals surface area (Å²) in [5.41, 5.74) is 0.219. The van der Waals surface area contributed by atoms with Gasteiger partial charge in [-0.05, 0) is 18.7 Å². The van der Waals surface area contributed by atoms with E-state index in [1.54, 1.807) is 11.2 Å². The van der Waals surface area contributed by atoms with Crippen molar-refractivity contribution >= 4 is 17.5 Å². The van der Waals surface area contributed by atoms with Gasteiger partial charge in [0.15, 0.2) is 0 Å². The fourth-order valence-corrected chi connectivity index (χ4v) is 3.84. The van der Waals surface area contributed by atoms with E-state index >= 15 is 0 Å². The molecule has 160 valence electrons. The van der Waals surface area contributed by atoms with Crippen LogP contribution in [0.3, 0.4) is 0 Å². The van der Waals surface area contributed by atoms with Crippen LogP contribution in [0.5, 0.6) is 0 Å². The minimum Gasteiger partial charge on any atom is -0.354 e. The van der Waals surface area contributed by atoms with E-state index < -0.39 is 11.6 Å². The molecule has 2 saturated heterocycles. The summed E-state index contributed by atoms with van der Waals surface area (Å²) >= 11 is 0. The fraction of sp³-hybridized carbons (Fsp3) is 0.476. The number of carbonyl (C=O) groups excluding carboxylic acids is 1. The van der Waals surface area contributed by atoms with Gasteiger partial charge in [-0.2, -0.15) is 0 Å². The van der Waals surface area contributed by atoms with Crippen molar-refractivity contribution in [3.8, 4) is 0 Å². The van der Waals surface area contributed by atoms with Crippen molar-refractivity contribution < 1.29 is 13.6 Å². The third-order valence-electron chi connectivity index (χ3n) is 5.78. The maximum atomic E-state index is 13.8. The van der Waals surface area contributed by atoms with Crippen molar-refractivity contribution in [1.82, 2.24) is 19.8 Å². The van der Waals surface area contributed by atoms with Crippen LogP contribution in [0.1, 0.15) is 5.56 Å². The first-order valence-electron chi connectivity index (χ1n) is 10.2. The maximum Gasteiger partial charge on any atom is 0.227 e. The van der Waals surface area contributed by atoms with Crippen molar-refractivity contribution in [2.45, 2.75) is 6.42 Å². The number of hydrogen-bond acceptors (Lipinski definition) is 6. The number of benzene rings is 1. The molecule has 0 spiro atoms. The number of piperazine rings is 2. The number of anilines is 2. The molecule has 1 amide bonds. The number of nitrogens with zero attached hydrogens (tertiary/aromatic N) is 6. The first-order valence-corrected chi connectivity index (χ1v) is 10.2. The van der Waals surface area contributed by atoms with Gasteiger partial charge in [-0.25, -0.2) is 18.7 Å². The Labute approximate surface area is 174 Å². The van der Waals surface area contributed by atoms with Gasteiger partial charge in [-0.15, -0.1) is 0 Å². The second-order valence-corrected chi connectivity index (χ2v) is 7.81. The number of hydrogen-bond donors (Lipinski definition) is 0. The van der Waals surface area contributed by atoms with Gasteiger partial charge in [0.25, 0.3) is 0 Å². The highest BCUT2D eigenvalue weighted by Crippen LogP contribution is 2.20. The molecule has 1 aromatic heterocycles. The minimum atomic E-state index is -0.681. The van der Waals surface area contributed by atoms with Crippen LogP contribution >= 0.6 is 0 Å². The lowest BCUT2D eigenvalue weighted by Gasteiger charge is -2.36. The van der Waals surface area contributed by atoms with Crippen molar-refractivity contribution in [1.29, 1.82) is 0 Å². The largest absolute Gasteiger partial charge is 0.354 e. The van der Waals surface area contributed by atoms with Gasteiger partial charge in [-0.3, -0.25) is 4.79 Å². The number of amides is 1. The summed E-state index contributed by atoms with van der Waals surface area (Å²) < 4.78 is 26.9. The van der Waals surface area contributed by atoms with Crippen LogP contribution < -0.4 is 9.80 Å². The van der Waals surface area contributed by atoms with E-state index in [2.05, 4.69) is 31.7 Å². The first-order chi connectivity index (χ1) is 14.5. The molecule has 2 aliphatic rings. The molecule has 9 heteroatoms. The van der Waals surface area contributed by atoms with Gasteiger partial charge in [0.1, 0.15) is 29.6 Å². The number of rotatable bonds is 4. The smallest absolute Gasteiger partial charge is 0.227 e. The average molecular weight is 416 g/mol. The van der Waals surface area contributed by atoms with Crippen molar-refractivity contribution in [3.63, 3.8) is 0 Å². The molecule has 7 nitrogen and oxygen atoms in total. The van der Waals surface area contributed by atoms with E-state index in [1.807, 2.05) is 6.07 Å². The zero-order valence-corrected chi connectivity index (χ0v) is 17.1. The third kappa shape index (κ3) is 4.67. The summed E-state index contributed by atoms with van der Waals surface area (Å²) in [4.78, 5) is 29.8. The van der Waals surface area contributed by atoms with Gasteiger partial charge in [-0.1, -0.05) is 6.07 Å². The van der Waals surface area contributed by atoms with E-state index in [0.717, 1.165) is 43.9 Å². The van der Waals surface area contributed by atoms with Crippen molar-refractivity contribution in [2.75, 3.05) is 69.2 Å². The predicted molar refractivity (Wildman–Crippen MR) is 111 cm³/mol. The maximum absolute atomic E-state index is 13.8. The molecular weight excluding hydrogens is 390 g/mol. The lowest BCUT2D eigenvalue weighted by atomic mass is 10.1. The molecule has 0 atom stereocenters. The van der Waals surface area contributed by atoms with Gasteiger partial charge in [0.2, 0.25) is 5.91 Å². The molecule has 2 aromatic rings. The standard InChI is InChI=1S/C21H26F2N6O/c1-26-4-6-27(7-5-26)19-14-20(25-15-24-19)28-8-10-29(11-9-28)21(30)12-16-2-3-17(22)13-18(16)23/h2-3,13-15H,4-12H2,1H3. The van der Waals surface area contributed by atoms with E-state index in [1.165, 1.54) is 12.1 Å². The van der Waals surface area contributed by atoms with E-state index in [9.17, 15) is 13.6 Å². The predicted octanol–water partition coefficient (Wildman–Crippen LogP) is 1.40. The molecule has 3 heterocycles. The highest BCUT2D eigenvalue weighted by Gasteiger charge is 2.24. The van der Waals surface area contributed by atoms with Crippen LogP contribution in [0.25, 0.3) is 0 Å². The fourth-order valence-electron chi connectivity index (χ4n) is 3.84. The monoisotopic (exact) mass is 416 g/mol. The minimum absolute atomic E-state index is 0.0623. The number of carbonyl (C=O) groups is 1.